The average Bonchev–Trinajstić information content (AvgIpc) is 2.79. The molecule has 0 aliphatic carbocycles. The summed E-state index contributed by atoms with van der Waals surface area (Å²) in [4.78, 5) is 35.1. The van der Waals surface area contributed by atoms with Gasteiger partial charge in [-0.25, -0.2) is 28.7 Å². The number of nitrogen functional groups attached to an aromatic ring is 1. The van der Waals surface area contributed by atoms with E-state index in [-0.39, 0.29) is 28.5 Å². The topological polar surface area (TPSA) is 164 Å². The summed E-state index contributed by atoms with van der Waals surface area (Å²) >= 11 is 0. The molecule has 0 unspecified atom stereocenters. The number of anilines is 1. The van der Waals surface area contributed by atoms with E-state index in [0.29, 0.717) is 6.07 Å². The molecule has 14 heteroatoms. The Morgan fingerprint density at radius 3 is 1.53 bits per heavy atom. The van der Waals surface area contributed by atoms with Gasteiger partial charge in [0.1, 0.15) is 28.4 Å². The van der Waals surface area contributed by atoms with E-state index in [1.54, 1.807) is 6.07 Å². The van der Waals surface area contributed by atoms with Gasteiger partial charge < -0.3 is 5.73 Å². The molecule has 0 saturated heterocycles. The first-order valence-electron chi connectivity index (χ1n) is 9.10. The van der Waals surface area contributed by atoms with Crippen LogP contribution in [0, 0.1) is 37.7 Å². The first-order valence-corrected chi connectivity index (χ1v) is 9.10. The molecule has 4 rings (SSSR count). The minimum atomic E-state index is -1.25. The lowest BCUT2D eigenvalue weighted by Crippen LogP contribution is -2.01. The molecule has 2 aromatic carbocycles. The van der Waals surface area contributed by atoms with Crippen molar-refractivity contribution in [3.8, 4) is 22.8 Å². The van der Waals surface area contributed by atoms with E-state index >= 15 is 0 Å². The highest BCUT2D eigenvalue weighted by molar-refractivity contribution is 5.77. The zero-order chi connectivity index (χ0) is 24.8. The van der Waals surface area contributed by atoms with Gasteiger partial charge in [-0.2, -0.15) is 4.39 Å². The maximum atomic E-state index is 13.3. The van der Waals surface area contributed by atoms with Crippen LogP contribution in [-0.2, 0) is 0 Å². The first-order chi connectivity index (χ1) is 16.2. The van der Waals surface area contributed by atoms with Crippen LogP contribution in [0.2, 0.25) is 0 Å². The number of nitrogens with zero attached hydrogens (tertiary/aromatic N) is 6. The van der Waals surface area contributed by atoms with Crippen molar-refractivity contribution < 1.29 is 23.0 Å². The molecule has 4 aromatic rings. The molecule has 172 valence electrons. The quantitative estimate of drug-likeness (QED) is 0.262. The molecule has 0 fully saturated rings. The van der Waals surface area contributed by atoms with E-state index in [2.05, 4.69) is 19.9 Å². The minimum Gasteiger partial charge on any atom is -0.393 e. The fourth-order valence-corrected chi connectivity index (χ4v) is 2.79. The third kappa shape index (κ3) is 5.24. The lowest BCUT2D eigenvalue weighted by atomic mass is 10.1. The Morgan fingerprint density at radius 2 is 1.09 bits per heavy atom. The number of benzene rings is 2. The molecule has 0 amide bonds. The normalized spacial score (nSPS) is 10.2. The summed E-state index contributed by atoms with van der Waals surface area (Å²) in [7, 11) is 0. The smallest absolute Gasteiger partial charge is 0.315 e. The minimum absolute atomic E-state index is 0.0342. The monoisotopic (exact) mass is 471 g/mol. The Bertz CT molecular complexity index is 1250. The molecule has 0 radical (unpaired) electrons. The first kappa shape index (κ1) is 23.6. The van der Waals surface area contributed by atoms with Gasteiger partial charge in [-0.15, -0.1) is 0 Å². The van der Waals surface area contributed by atoms with Gasteiger partial charge in [0, 0.05) is 36.9 Å². The molecule has 0 aliphatic rings. The van der Waals surface area contributed by atoms with Crippen LogP contribution >= 0.6 is 0 Å². The molecule has 2 heterocycles. The Hall–Kier alpha value is -5.01. The van der Waals surface area contributed by atoms with Crippen molar-refractivity contribution in [3.63, 3.8) is 0 Å². The summed E-state index contributed by atoms with van der Waals surface area (Å²) in [5.41, 5.74) is 3.63. The van der Waals surface area contributed by atoms with Crippen LogP contribution in [0.25, 0.3) is 22.8 Å². The van der Waals surface area contributed by atoms with Gasteiger partial charge in [0.25, 0.3) is 0 Å². The molecule has 0 bridgehead atoms. The molecule has 0 aliphatic heterocycles. The zero-order valence-electron chi connectivity index (χ0n) is 16.8. The molecular weight excluding hydrogens is 459 g/mol. The molecule has 11 nitrogen and oxygen atoms in total. The molecule has 2 N–H and O–H groups in total. The summed E-state index contributed by atoms with van der Waals surface area (Å²) in [6.07, 6.45) is 5.48. The molecule has 34 heavy (non-hydrogen) atoms. The number of halogens is 3. The summed E-state index contributed by atoms with van der Waals surface area (Å²) in [6.45, 7) is 0. The number of nitro benzene ring substituents is 2. The highest BCUT2D eigenvalue weighted by Gasteiger charge is 2.24. The van der Waals surface area contributed by atoms with Crippen LogP contribution in [-0.4, -0.2) is 29.8 Å². The van der Waals surface area contributed by atoms with Crippen LogP contribution < -0.4 is 5.73 Å². The number of rotatable bonds is 4. The van der Waals surface area contributed by atoms with E-state index in [4.69, 9.17) is 5.73 Å². The predicted octanol–water partition coefficient (Wildman–Crippen LogP) is 4.10. The molecule has 2 aromatic heterocycles. The van der Waals surface area contributed by atoms with Crippen molar-refractivity contribution >= 4 is 17.1 Å². The number of hydrogen-bond donors (Lipinski definition) is 1. The van der Waals surface area contributed by atoms with Crippen molar-refractivity contribution in [2.75, 3.05) is 5.73 Å². The Labute approximate surface area is 188 Å². The van der Waals surface area contributed by atoms with E-state index < -0.39 is 38.7 Å². The van der Waals surface area contributed by atoms with Crippen LogP contribution in [0.5, 0.6) is 0 Å². The SMILES string of the molecule is Nc1cc(F)cc(-c2ncccn2)c1[N+](=O)[O-].O=[N+]([O-])c1c(F)cc(F)cc1-c1ncccn1. The maximum absolute atomic E-state index is 13.3. The Morgan fingerprint density at radius 1 is 0.676 bits per heavy atom. The van der Waals surface area contributed by atoms with Crippen LogP contribution in [0.3, 0.4) is 0 Å². The predicted molar refractivity (Wildman–Crippen MR) is 113 cm³/mol. The molecule has 0 atom stereocenters. The van der Waals surface area contributed by atoms with Crippen molar-refractivity contribution in [2.24, 2.45) is 0 Å². The van der Waals surface area contributed by atoms with Gasteiger partial charge in [-0.05, 0) is 24.3 Å². The van der Waals surface area contributed by atoms with Gasteiger partial charge in [-0.1, -0.05) is 0 Å². The zero-order valence-corrected chi connectivity index (χ0v) is 16.8. The van der Waals surface area contributed by atoms with Gasteiger partial charge in [0.05, 0.1) is 9.85 Å². The lowest BCUT2D eigenvalue weighted by Gasteiger charge is -2.04. The van der Waals surface area contributed by atoms with E-state index in [1.807, 2.05) is 0 Å². The van der Waals surface area contributed by atoms with Crippen molar-refractivity contribution in [1.82, 2.24) is 19.9 Å². The number of hydrogen-bond acceptors (Lipinski definition) is 9. The fourth-order valence-electron chi connectivity index (χ4n) is 2.79. The standard InChI is InChI=1S/C10H5F2N3O2.C10H7FN4O2/c2*11-6-4-7(10-13-2-1-3-14-10)9(15(16)17)8(12)5-6/h1-5H;1-5H,12H2. The number of aromatic nitrogens is 4. The summed E-state index contributed by atoms with van der Waals surface area (Å²) in [5, 5.41) is 21.6. The van der Waals surface area contributed by atoms with E-state index in [0.717, 1.165) is 18.2 Å². The molecule has 0 spiro atoms. The van der Waals surface area contributed by atoms with Gasteiger partial charge >= 0.3 is 11.4 Å². The summed E-state index contributed by atoms with van der Waals surface area (Å²) < 4.78 is 39.5. The summed E-state index contributed by atoms with van der Waals surface area (Å²) in [6, 6.07) is 6.21. The van der Waals surface area contributed by atoms with Crippen LogP contribution in [0.1, 0.15) is 0 Å². The second-order valence-electron chi connectivity index (χ2n) is 6.33. The highest BCUT2D eigenvalue weighted by Crippen LogP contribution is 2.33. The third-order valence-corrected chi connectivity index (χ3v) is 4.11. The average molecular weight is 471 g/mol. The van der Waals surface area contributed by atoms with Gasteiger partial charge in [-0.3, -0.25) is 20.2 Å². The summed E-state index contributed by atoms with van der Waals surface area (Å²) in [5.74, 6) is -2.88. The van der Waals surface area contributed by atoms with Gasteiger partial charge in [0.2, 0.25) is 5.82 Å². The number of nitrogens with two attached hydrogens (primary N) is 1. The maximum Gasteiger partial charge on any atom is 0.315 e. The second-order valence-corrected chi connectivity index (χ2v) is 6.33. The van der Waals surface area contributed by atoms with E-state index in [1.165, 1.54) is 30.9 Å². The molecule has 0 saturated carbocycles. The van der Waals surface area contributed by atoms with Crippen molar-refractivity contribution in [2.45, 2.75) is 0 Å². The lowest BCUT2D eigenvalue weighted by molar-refractivity contribution is -0.386. The van der Waals surface area contributed by atoms with Crippen LogP contribution in [0.15, 0.2) is 61.2 Å². The largest absolute Gasteiger partial charge is 0.393 e. The fraction of sp³-hybridized carbons (Fsp3) is 0. The Kier molecular flexibility index (Phi) is 7.01. The van der Waals surface area contributed by atoms with Gasteiger partial charge in [0.15, 0.2) is 11.6 Å². The second kappa shape index (κ2) is 10.1. The third-order valence-electron chi connectivity index (χ3n) is 4.11. The van der Waals surface area contributed by atoms with Crippen molar-refractivity contribution in [3.05, 3.63) is 98.9 Å². The Balaban J connectivity index is 0.000000191. The van der Waals surface area contributed by atoms with Crippen LogP contribution in [0.4, 0.5) is 30.2 Å². The highest BCUT2D eigenvalue weighted by atomic mass is 19.1. The molecular formula is C20H12F3N7O4. The number of nitro groups is 2. The van der Waals surface area contributed by atoms with E-state index in [9.17, 15) is 33.4 Å². The van der Waals surface area contributed by atoms with Crippen molar-refractivity contribution in [1.29, 1.82) is 0 Å².